The van der Waals surface area contributed by atoms with Gasteiger partial charge in [-0.15, -0.1) is 0 Å². The molecule has 0 radical (unpaired) electrons. The van der Waals surface area contributed by atoms with Crippen LogP contribution >= 0.6 is 0 Å². The molecule has 60 valence electrons. The second-order valence-corrected chi connectivity index (χ2v) is 2.47. The molecule has 2 aromatic rings. The van der Waals surface area contributed by atoms with E-state index >= 15 is 0 Å². The lowest BCUT2D eigenvalue weighted by molar-refractivity contribution is 0.112. The van der Waals surface area contributed by atoms with Crippen molar-refractivity contribution in [3.8, 4) is 0 Å². The van der Waals surface area contributed by atoms with Crippen LogP contribution in [0.25, 0.3) is 11.0 Å². The number of nitrogens with one attached hydrogen (secondary N) is 2. The summed E-state index contributed by atoms with van der Waals surface area (Å²) in [6.45, 7) is 0. The molecule has 0 atom stereocenters. The minimum absolute atomic E-state index is 0.292. The van der Waals surface area contributed by atoms with Crippen molar-refractivity contribution in [1.82, 2.24) is 9.97 Å². The number of hydrogen-bond acceptors (Lipinski definition) is 2. The van der Waals surface area contributed by atoms with Crippen LogP contribution in [0.2, 0.25) is 0 Å². The zero-order valence-electron chi connectivity index (χ0n) is 6.13. The lowest BCUT2D eigenvalue weighted by Crippen LogP contribution is -1.99. The number of aromatic amines is 2. The molecular formula is C8H6N2O2. The third-order valence-corrected chi connectivity index (χ3v) is 1.71. The van der Waals surface area contributed by atoms with Gasteiger partial charge in [0.25, 0.3) is 0 Å². The van der Waals surface area contributed by atoms with Crippen LogP contribution in [0.1, 0.15) is 10.4 Å². The Morgan fingerprint density at radius 3 is 2.83 bits per heavy atom. The topological polar surface area (TPSA) is 65.7 Å². The van der Waals surface area contributed by atoms with Crippen LogP contribution in [0, 0.1) is 0 Å². The van der Waals surface area contributed by atoms with Crippen molar-refractivity contribution < 1.29 is 4.79 Å². The number of fused-ring (bicyclic) bond motifs is 1. The highest BCUT2D eigenvalue weighted by Gasteiger charge is 2.01. The van der Waals surface area contributed by atoms with Crippen molar-refractivity contribution in [1.29, 1.82) is 0 Å². The van der Waals surface area contributed by atoms with E-state index in [1.54, 1.807) is 18.2 Å². The molecule has 0 unspecified atom stereocenters. The Bertz CT molecular complexity index is 481. The molecule has 0 amide bonds. The zero-order chi connectivity index (χ0) is 8.55. The van der Waals surface area contributed by atoms with Crippen molar-refractivity contribution in [3.05, 3.63) is 34.2 Å². The molecular weight excluding hydrogens is 156 g/mol. The Morgan fingerprint density at radius 2 is 2.08 bits per heavy atom. The first kappa shape index (κ1) is 6.84. The average Bonchev–Trinajstić information content (AvgIpc) is 2.44. The number of benzene rings is 1. The Kier molecular flexibility index (Phi) is 1.33. The molecule has 0 fully saturated rings. The van der Waals surface area contributed by atoms with Crippen LogP contribution in [0.15, 0.2) is 23.0 Å². The molecule has 2 rings (SSSR count). The summed E-state index contributed by atoms with van der Waals surface area (Å²) in [5.74, 6) is 0. The Balaban J connectivity index is 2.96. The standard InChI is InChI=1S/C8H6N2O2/c11-4-5-2-1-3-6-7(5)10-8(12)9-6/h1-4H,(H2,9,10,12). The fourth-order valence-corrected chi connectivity index (χ4v) is 1.18. The number of aldehydes is 1. The van der Waals surface area contributed by atoms with Gasteiger partial charge in [-0.3, -0.25) is 4.79 Å². The van der Waals surface area contributed by atoms with Crippen molar-refractivity contribution in [2.24, 2.45) is 0 Å². The predicted molar refractivity (Wildman–Crippen MR) is 44.3 cm³/mol. The fourth-order valence-electron chi connectivity index (χ4n) is 1.18. The van der Waals surface area contributed by atoms with Gasteiger partial charge in [0.05, 0.1) is 11.0 Å². The van der Waals surface area contributed by atoms with Crippen molar-refractivity contribution in [3.63, 3.8) is 0 Å². The lowest BCUT2D eigenvalue weighted by Gasteiger charge is -1.90. The number of para-hydroxylation sites is 1. The summed E-state index contributed by atoms with van der Waals surface area (Å²) in [4.78, 5) is 26.4. The molecule has 1 heterocycles. The van der Waals surface area contributed by atoms with E-state index < -0.39 is 0 Å². The number of H-pyrrole nitrogens is 2. The summed E-state index contributed by atoms with van der Waals surface area (Å²) in [7, 11) is 0. The summed E-state index contributed by atoms with van der Waals surface area (Å²) in [5, 5.41) is 0. The van der Waals surface area contributed by atoms with Gasteiger partial charge in [-0.05, 0) is 12.1 Å². The van der Waals surface area contributed by atoms with Crippen LogP contribution in [-0.4, -0.2) is 16.3 Å². The molecule has 0 aliphatic carbocycles. The van der Waals surface area contributed by atoms with Gasteiger partial charge in [-0.1, -0.05) is 6.07 Å². The van der Waals surface area contributed by atoms with Crippen LogP contribution < -0.4 is 5.69 Å². The Morgan fingerprint density at radius 1 is 1.25 bits per heavy atom. The Labute approximate surface area is 67.2 Å². The van der Waals surface area contributed by atoms with E-state index in [-0.39, 0.29) is 5.69 Å². The first-order valence-electron chi connectivity index (χ1n) is 3.47. The summed E-state index contributed by atoms with van der Waals surface area (Å²) in [6.07, 6.45) is 0.714. The lowest BCUT2D eigenvalue weighted by atomic mass is 10.2. The first-order chi connectivity index (χ1) is 5.81. The first-order valence-corrected chi connectivity index (χ1v) is 3.47. The van der Waals surface area contributed by atoms with Gasteiger partial charge in [0.1, 0.15) is 0 Å². The maximum absolute atomic E-state index is 10.8. The molecule has 0 spiro atoms. The molecule has 2 N–H and O–H groups in total. The number of carbonyl (C=O) groups excluding carboxylic acids is 1. The van der Waals surface area contributed by atoms with Gasteiger partial charge in [0.15, 0.2) is 6.29 Å². The molecule has 4 heteroatoms. The Hall–Kier alpha value is -1.84. The average molecular weight is 162 g/mol. The molecule has 1 aromatic heterocycles. The normalized spacial score (nSPS) is 10.3. The molecule has 0 aliphatic rings. The SMILES string of the molecule is O=Cc1cccc2[nH]c(=O)[nH]c12. The second-order valence-electron chi connectivity index (χ2n) is 2.47. The molecule has 1 aromatic carbocycles. The summed E-state index contributed by atoms with van der Waals surface area (Å²) in [5.41, 5.74) is 1.42. The van der Waals surface area contributed by atoms with E-state index in [1.807, 2.05) is 0 Å². The van der Waals surface area contributed by atoms with Crippen LogP contribution in [0.5, 0.6) is 0 Å². The summed E-state index contributed by atoms with van der Waals surface area (Å²) >= 11 is 0. The molecule has 4 nitrogen and oxygen atoms in total. The van der Waals surface area contributed by atoms with Crippen molar-refractivity contribution in [2.75, 3.05) is 0 Å². The van der Waals surface area contributed by atoms with Crippen LogP contribution in [-0.2, 0) is 0 Å². The molecule has 0 saturated carbocycles. The van der Waals surface area contributed by atoms with E-state index in [1.165, 1.54) is 0 Å². The third-order valence-electron chi connectivity index (χ3n) is 1.71. The van der Waals surface area contributed by atoms with Gasteiger partial charge < -0.3 is 9.97 Å². The van der Waals surface area contributed by atoms with Crippen molar-refractivity contribution >= 4 is 17.3 Å². The highest BCUT2D eigenvalue weighted by Crippen LogP contribution is 2.09. The fraction of sp³-hybridized carbons (Fsp3) is 0. The maximum Gasteiger partial charge on any atom is 0.323 e. The second kappa shape index (κ2) is 2.34. The number of aromatic nitrogens is 2. The highest BCUT2D eigenvalue weighted by molar-refractivity contribution is 5.93. The van der Waals surface area contributed by atoms with Gasteiger partial charge in [-0.2, -0.15) is 0 Å². The largest absolute Gasteiger partial charge is 0.323 e. The van der Waals surface area contributed by atoms with Gasteiger partial charge in [0, 0.05) is 5.56 Å². The quantitative estimate of drug-likeness (QED) is 0.605. The number of rotatable bonds is 1. The molecule has 12 heavy (non-hydrogen) atoms. The smallest absolute Gasteiger partial charge is 0.306 e. The van der Waals surface area contributed by atoms with E-state index in [9.17, 15) is 9.59 Å². The summed E-state index contributed by atoms with van der Waals surface area (Å²) < 4.78 is 0. The minimum Gasteiger partial charge on any atom is -0.306 e. The van der Waals surface area contributed by atoms with Crippen molar-refractivity contribution in [2.45, 2.75) is 0 Å². The summed E-state index contributed by atoms with van der Waals surface area (Å²) in [6, 6.07) is 5.11. The maximum atomic E-state index is 10.8. The number of carbonyl (C=O) groups is 1. The monoisotopic (exact) mass is 162 g/mol. The number of hydrogen-bond donors (Lipinski definition) is 2. The van der Waals surface area contributed by atoms with E-state index in [0.29, 0.717) is 22.9 Å². The number of imidazole rings is 1. The van der Waals surface area contributed by atoms with Crippen LogP contribution in [0.4, 0.5) is 0 Å². The van der Waals surface area contributed by atoms with Crippen LogP contribution in [0.3, 0.4) is 0 Å². The third kappa shape index (κ3) is 0.852. The van der Waals surface area contributed by atoms with E-state index in [0.717, 1.165) is 0 Å². The predicted octanol–water partition coefficient (Wildman–Crippen LogP) is 0.669. The van der Waals surface area contributed by atoms with Gasteiger partial charge >= 0.3 is 5.69 Å². The highest BCUT2D eigenvalue weighted by atomic mass is 16.1. The molecule has 0 aliphatic heterocycles. The van der Waals surface area contributed by atoms with Gasteiger partial charge in [0.2, 0.25) is 0 Å². The minimum atomic E-state index is -0.292. The van der Waals surface area contributed by atoms with Gasteiger partial charge in [-0.25, -0.2) is 4.79 Å². The zero-order valence-corrected chi connectivity index (χ0v) is 6.13. The molecule has 0 bridgehead atoms. The van der Waals surface area contributed by atoms with E-state index in [2.05, 4.69) is 9.97 Å². The molecule has 0 saturated heterocycles. The van der Waals surface area contributed by atoms with E-state index in [4.69, 9.17) is 0 Å².